The van der Waals surface area contributed by atoms with Gasteiger partial charge in [0.15, 0.2) is 0 Å². The molecule has 3 heteroatoms. The Morgan fingerprint density at radius 2 is 2.20 bits per heavy atom. The van der Waals surface area contributed by atoms with Crippen molar-refractivity contribution in [3.63, 3.8) is 0 Å². The molecule has 20 heavy (non-hydrogen) atoms. The number of ether oxygens (including phenoxy) is 1. The van der Waals surface area contributed by atoms with E-state index in [4.69, 9.17) is 4.74 Å². The molecule has 0 saturated heterocycles. The predicted molar refractivity (Wildman–Crippen MR) is 79.9 cm³/mol. The van der Waals surface area contributed by atoms with Crippen molar-refractivity contribution >= 4 is 0 Å². The number of benzene rings is 1. The van der Waals surface area contributed by atoms with Crippen LogP contribution in [0.3, 0.4) is 0 Å². The number of rotatable bonds is 8. The molecule has 0 bridgehead atoms. The van der Waals surface area contributed by atoms with E-state index in [2.05, 4.69) is 5.32 Å². The lowest BCUT2D eigenvalue weighted by atomic mass is 10.0. The number of aliphatic hydroxyl groups is 1. The molecule has 1 atom stereocenters. The zero-order valence-electron chi connectivity index (χ0n) is 12.3. The van der Waals surface area contributed by atoms with Crippen molar-refractivity contribution in [3.8, 4) is 5.75 Å². The van der Waals surface area contributed by atoms with Gasteiger partial charge in [0.1, 0.15) is 18.5 Å². The van der Waals surface area contributed by atoms with Crippen LogP contribution in [0.5, 0.6) is 5.75 Å². The fraction of sp³-hybridized carbons (Fsp3) is 0.647. The van der Waals surface area contributed by atoms with E-state index >= 15 is 0 Å². The molecule has 3 nitrogen and oxygen atoms in total. The van der Waals surface area contributed by atoms with E-state index in [-0.39, 0.29) is 0 Å². The molecule has 1 aromatic rings. The van der Waals surface area contributed by atoms with Gasteiger partial charge in [0.2, 0.25) is 0 Å². The van der Waals surface area contributed by atoms with Crippen molar-refractivity contribution < 1.29 is 9.84 Å². The normalized spacial score (nSPS) is 21.5. The van der Waals surface area contributed by atoms with E-state index in [1.807, 2.05) is 31.2 Å². The molecule has 2 aliphatic carbocycles. The maximum Gasteiger partial charge on any atom is 0.119 e. The van der Waals surface area contributed by atoms with E-state index < -0.39 is 6.10 Å². The highest BCUT2D eigenvalue weighted by Crippen LogP contribution is 2.60. The molecule has 3 rings (SSSR count). The van der Waals surface area contributed by atoms with Crippen LogP contribution in [0.15, 0.2) is 24.3 Å². The number of aliphatic hydroxyl groups excluding tert-OH is 1. The minimum absolute atomic E-state index is 0.354. The Labute approximate surface area is 121 Å². The summed E-state index contributed by atoms with van der Waals surface area (Å²) in [6, 6.07) is 7.94. The lowest BCUT2D eigenvalue weighted by Crippen LogP contribution is -2.35. The van der Waals surface area contributed by atoms with Crippen LogP contribution in [0, 0.1) is 18.3 Å². The monoisotopic (exact) mass is 275 g/mol. The first kappa shape index (κ1) is 13.9. The molecule has 0 radical (unpaired) electrons. The molecule has 0 heterocycles. The quantitative estimate of drug-likeness (QED) is 0.766. The Kier molecular flexibility index (Phi) is 3.99. The van der Waals surface area contributed by atoms with Crippen LogP contribution in [0.1, 0.15) is 31.2 Å². The zero-order chi connectivity index (χ0) is 14.0. The smallest absolute Gasteiger partial charge is 0.119 e. The van der Waals surface area contributed by atoms with Crippen molar-refractivity contribution in [3.05, 3.63) is 29.8 Å². The van der Waals surface area contributed by atoms with Crippen molar-refractivity contribution in [1.29, 1.82) is 0 Å². The summed E-state index contributed by atoms with van der Waals surface area (Å²) < 4.78 is 5.62. The minimum atomic E-state index is -0.439. The van der Waals surface area contributed by atoms with Crippen LogP contribution in [0.2, 0.25) is 0 Å². The molecule has 1 unspecified atom stereocenters. The molecule has 0 aromatic heterocycles. The van der Waals surface area contributed by atoms with Gasteiger partial charge >= 0.3 is 0 Å². The predicted octanol–water partition coefficient (Wildman–Crippen LogP) is 2.51. The maximum absolute atomic E-state index is 9.96. The van der Waals surface area contributed by atoms with E-state index in [0.29, 0.717) is 18.6 Å². The highest BCUT2D eigenvalue weighted by atomic mass is 16.5. The third kappa shape index (κ3) is 3.53. The first-order chi connectivity index (χ1) is 9.68. The number of hydrogen-bond donors (Lipinski definition) is 2. The van der Waals surface area contributed by atoms with Gasteiger partial charge in [-0.3, -0.25) is 0 Å². The summed E-state index contributed by atoms with van der Waals surface area (Å²) in [7, 11) is 0. The Morgan fingerprint density at radius 3 is 2.85 bits per heavy atom. The van der Waals surface area contributed by atoms with Crippen molar-refractivity contribution in [2.45, 2.75) is 38.7 Å². The Balaban J connectivity index is 1.34. The van der Waals surface area contributed by atoms with E-state index in [9.17, 15) is 5.11 Å². The van der Waals surface area contributed by atoms with E-state index in [1.54, 1.807) is 0 Å². The third-order valence-corrected chi connectivity index (χ3v) is 4.62. The van der Waals surface area contributed by atoms with Gasteiger partial charge in [-0.25, -0.2) is 0 Å². The zero-order valence-corrected chi connectivity index (χ0v) is 12.3. The molecule has 110 valence electrons. The highest BCUT2D eigenvalue weighted by molar-refractivity contribution is 5.27. The van der Waals surface area contributed by atoms with Gasteiger partial charge in [0.25, 0.3) is 0 Å². The van der Waals surface area contributed by atoms with Gasteiger partial charge in [-0.1, -0.05) is 12.1 Å². The number of nitrogens with one attached hydrogen (secondary N) is 1. The molecule has 2 aliphatic rings. The molecule has 2 saturated carbocycles. The summed E-state index contributed by atoms with van der Waals surface area (Å²) in [5.74, 6) is 1.80. The van der Waals surface area contributed by atoms with E-state index in [1.165, 1.54) is 31.2 Å². The van der Waals surface area contributed by atoms with Gasteiger partial charge in [-0.15, -0.1) is 0 Å². The lowest BCUT2D eigenvalue weighted by molar-refractivity contribution is 0.104. The fourth-order valence-corrected chi connectivity index (χ4v) is 3.03. The maximum atomic E-state index is 9.96. The Hall–Kier alpha value is -1.06. The molecular formula is C17H25NO2. The Bertz CT molecular complexity index is 452. The summed E-state index contributed by atoms with van der Waals surface area (Å²) in [6.45, 7) is 4.09. The van der Waals surface area contributed by atoms with E-state index in [0.717, 1.165) is 18.2 Å². The summed E-state index contributed by atoms with van der Waals surface area (Å²) in [6.07, 6.45) is 5.15. The summed E-state index contributed by atoms with van der Waals surface area (Å²) in [5.41, 5.74) is 1.77. The van der Waals surface area contributed by atoms with Crippen molar-refractivity contribution in [2.75, 3.05) is 19.7 Å². The van der Waals surface area contributed by atoms with Crippen LogP contribution in [0.25, 0.3) is 0 Å². The summed E-state index contributed by atoms with van der Waals surface area (Å²) >= 11 is 0. The van der Waals surface area contributed by atoms with Crippen LogP contribution in [-0.2, 0) is 0 Å². The van der Waals surface area contributed by atoms with Gasteiger partial charge in [-0.05, 0) is 61.6 Å². The SMILES string of the molecule is Cc1cccc(OCC(O)CNCC2(C3CC3)CC2)c1. The molecular weight excluding hydrogens is 250 g/mol. The fourth-order valence-electron chi connectivity index (χ4n) is 3.03. The Morgan fingerprint density at radius 1 is 1.40 bits per heavy atom. The second kappa shape index (κ2) is 5.74. The lowest BCUT2D eigenvalue weighted by Gasteiger charge is -2.18. The largest absolute Gasteiger partial charge is 0.491 e. The summed E-state index contributed by atoms with van der Waals surface area (Å²) in [4.78, 5) is 0. The van der Waals surface area contributed by atoms with Crippen LogP contribution in [-0.4, -0.2) is 30.9 Å². The molecule has 2 fully saturated rings. The standard InChI is InChI=1S/C17H25NO2/c1-13-3-2-4-16(9-13)20-11-15(19)10-18-12-17(7-8-17)14-5-6-14/h2-4,9,14-15,18-19H,5-8,10-12H2,1H3. The van der Waals surface area contributed by atoms with Gasteiger partial charge in [-0.2, -0.15) is 0 Å². The van der Waals surface area contributed by atoms with Crippen LogP contribution in [0.4, 0.5) is 0 Å². The third-order valence-electron chi connectivity index (χ3n) is 4.62. The molecule has 2 N–H and O–H groups in total. The van der Waals surface area contributed by atoms with Crippen LogP contribution < -0.4 is 10.1 Å². The molecule has 0 amide bonds. The van der Waals surface area contributed by atoms with Gasteiger partial charge in [0.05, 0.1) is 0 Å². The molecule has 0 spiro atoms. The molecule has 1 aromatic carbocycles. The topological polar surface area (TPSA) is 41.5 Å². The van der Waals surface area contributed by atoms with Gasteiger partial charge < -0.3 is 15.2 Å². The highest BCUT2D eigenvalue weighted by Gasteiger charge is 2.53. The second-order valence-electron chi connectivity index (χ2n) is 6.55. The average Bonchev–Trinajstić information content (AvgIpc) is 3.28. The number of aryl methyl sites for hydroxylation is 1. The first-order valence-corrected chi connectivity index (χ1v) is 7.76. The average molecular weight is 275 g/mol. The second-order valence-corrected chi connectivity index (χ2v) is 6.55. The molecule has 0 aliphatic heterocycles. The number of hydrogen-bond acceptors (Lipinski definition) is 3. The van der Waals surface area contributed by atoms with Crippen LogP contribution >= 0.6 is 0 Å². The van der Waals surface area contributed by atoms with Crippen molar-refractivity contribution in [2.24, 2.45) is 11.3 Å². The minimum Gasteiger partial charge on any atom is -0.491 e. The summed E-state index contributed by atoms with van der Waals surface area (Å²) in [5, 5.41) is 13.4. The van der Waals surface area contributed by atoms with Crippen molar-refractivity contribution in [1.82, 2.24) is 5.32 Å². The first-order valence-electron chi connectivity index (χ1n) is 7.76. The van der Waals surface area contributed by atoms with Gasteiger partial charge in [0, 0.05) is 13.1 Å².